The zero-order valence-corrected chi connectivity index (χ0v) is 16.8. The molecule has 0 bridgehead atoms. The monoisotopic (exact) mass is 398 g/mol. The molecular weight excluding hydrogens is 368 g/mol. The van der Waals surface area contributed by atoms with Crippen molar-refractivity contribution in [1.82, 2.24) is 19.4 Å². The summed E-state index contributed by atoms with van der Waals surface area (Å²) in [5.74, 6) is -0.305. The Morgan fingerprint density at radius 1 is 1.17 bits per heavy atom. The van der Waals surface area contributed by atoms with Crippen LogP contribution >= 0.6 is 0 Å². The van der Waals surface area contributed by atoms with E-state index in [1.807, 2.05) is 10.8 Å². The largest absolute Gasteiger partial charge is 0.481 e. The molecule has 7 nitrogen and oxygen atoms in total. The second-order valence-electron chi connectivity index (χ2n) is 8.07. The van der Waals surface area contributed by atoms with Crippen molar-refractivity contribution in [3.8, 4) is 5.69 Å². The van der Waals surface area contributed by atoms with E-state index in [0.29, 0.717) is 12.0 Å². The lowest BCUT2D eigenvalue weighted by Gasteiger charge is -2.45. The molecule has 1 aromatic carbocycles. The van der Waals surface area contributed by atoms with Crippen LogP contribution in [0.3, 0.4) is 0 Å². The van der Waals surface area contributed by atoms with Crippen molar-refractivity contribution in [3.05, 3.63) is 48.5 Å². The van der Waals surface area contributed by atoms with Gasteiger partial charge in [-0.25, -0.2) is 4.98 Å². The van der Waals surface area contributed by atoms with Crippen LogP contribution in [0.1, 0.15) is 24.8 Å². The molecule has 3 heterocycles. The van der Waals surface area contributed by atoms with E-state index in [1.54, 1.807) is 12.5 Å². The molecule has 156 valence electrons. The molecule has 0 radical (unpaired) electrons. The molecule has 2 atom stereocenters. The Bertz CT molecular complexity index is 772. The summed E-state index contributed by atoms with van der Waals surface area (Å²) in [5.41, 5.74) is 2.40. The fourth-order valence-corrected chi connectivity index (χ4v) is 4.66. The Hall–Kier alpha value is -2.22. The molecule has 2 aromatic rings. The summed E-state index contributed by atoms with van der Waals surface area (Å²) in [6.07, 6.45) is 7.62. The van der Waals surface area contributed by atoms with Crippen molar-refractivity contribution in [1.29, 1.82) is 0 Å². The number of carboxylic acid groups (broad SMARTS) is 1. The van der Waals surface area contributed by atoms with Gasteiger partial charge in [-0.05, 0) is 43.0 Å². The Balaban J connectivity index is 1.38. The minimum Gasteiger partial charge on any atom is -0.481 e. The van der Waals surface area contributed by atoms with Crippen LogP contribution in [0.5, 0.6) is 0 Å². The Kier molecular flexibility index (Phi) is 6.59. The van der Waals surface area contributed by atoms with Crippen molar-refractivity contribution in [2.45, 2.75) is 31.8 Å². The summed E-state index contributed by atoms with van der Waals surface area (Å²) in [6.45, 7) is 6.41. The van der Waals surface area contributed by atoms with Gasteiger partial charge < -0.3 is 14.4 Å². The van der Waals surface area contributed by atoms with Crippen molar-refractivity contribution >= 4 is 5.97 Å². The summed E-state index contributed by atoms with van der Waals surface area (Å²) >= 11 is 0. The number of morpholine rings is 1. The average molecular weight is 399 g/mol. The predicted molar refractivity (Wildman–Crippen MR) is 110 cm³/mol. The standard InChI is InChI=1S/C22H30N4O3/c27-22(28)6-3-19-16-24(9-7-21(19)25-11-13-29-14-12-25)15-18-1-4-20(5-2-18)26-10-8-23-17-26/h1-2,4-5,8,10,17,19,21H,3,6-7,9,11-16H2,(H,27,28)/t19-,21+/m1/s1. The van der Waals surface area contributed by atoms with Gasteiger partial charge in [-0.2, -0.15) is 0 Å². The van der Waals surface area contributed by atoms with E-state index in [4.69, 9.17) is 4.74 Å². The molecule has 2 aliphatic heterocycles. The maximum absolute atomic E-state index is 11.2. The number of carbonyl (C=O) groups is 1. The van der Waals surface area contributed by atoms with Gasteiger partial charge in [-0.15, -0.1) is 0 Å². The van der Waals surface area contributed by atoms with Gasteiger partial charge >= 0.3 is 5.97 Å². The quantitative estimate of drug-likeness (QED) is 0.772. The highest BCUT2D eigenvalue weighted by molar-refractivity contribution is 5.66. The Morgan fingerprint density at radius 3 is 2.66 bits per heavy atom. The number of likely N-dealkylation sites (tertiary alicyclic amines) is 1. The molecule has 0 amide bonds. The summed E-state index contributed by atoms with van der Waals surface area (Å²) in [7, 11) is 0. The molecule has 1 aromatic heterocycles. The number of carboxylic acids is 1. The molecule has 7 heteroatoms. The van der Waals surface area contributed by atoms with Gasteiger partial charge in [-0.3, -0.25) is 14.6 Å². The zero-order chi connectivity index (χ0) is 20.1. The van der Waals surface area contributed by atoms with Gasteiger partial charge in [0.25, 0.3) is 0 Å². The topological polar surface area (TPSA) is 70.8 Å². The number of piperidine rings is 1. The SMILES string of the molecule is O=C(O)CC[C@@H]1CN(Cc2ccc(-n3ccnc3)cc2)CC[C@@H]1N1CCOCC1. The van der Waals surface area contributed by atoms with Crippen LogP contribution in [0.25, 0.3) is 5.69 Å². The minimum atomic E-state index is -0.696. The highest BCUT2D eigenvalue weighted by atomic mass is 16.5. The number of benzene rings is 1. The van der Waals surface area contributed by atoms with Gasteiger partial charge in [0.1, 0.15) is 0 Å². The molecule has 29 heavy (non-hydrogen) atoms. The number of nitrogens with zero attached hydrogens (tertiary/aromatic N) is 4. The average Bonchev–Trinajstić information content (AvgIpc) is 3.28. The second-order valence-corrected chi connectivity index (χ2v) is 8.07. The summed E-state index contributed by atoms with van der Waals surface area (Å²) in [5, 5.41) is 9.19. The third-order valence-electron chi connectivity index (χ3n) is 6.17. The lowest BCUT2D eigenvalue weighted by Crippen LogP contribution is -2.53. The zero-order valence-electron chi connectivity index (χ0n) is 16.8. The van der Waals surface area contributed by atoms with E-state index in [-0.39, 0.29) is 6.42 Å². The summed E-state index contributed by atoms with van der Waals surface area (Å²) in [4.78, 5) is 20.3. The van der Waals surface area contributed by atoms with E-state index in [2.05, 4.69) is 39.0 Å². The van der Waals surface area contributed by atoms with E-state index in [0.717, 1.165) is 64.5 Å². The molecule has 2 saturated heterocycles. The number of hydrogen-bond acceptors (Lipinski definition) is 5. The van der Waals surface area contributed by atoms with Gasteiger partial charge in [0.15, 0.2) is 0 Å². The van der Waals surface area contributed by atoms with Crippen molar-refractivity contribution in [3.63, 3.8) is 0 Å². The van der Waals surface area contributed by atoms with Crippen LogP contribution in [-0.4, -0.2) is 75.9 Å². The van der Waals surface area contributed by atoms with Crippen LogP contribution in [-0.2, 0) is 16.1 Å². The Labute approximate surface area is 171 Å². The lowest BCUT2D eigenvalue weighted by molar-refractivity contribution is -0.137. The van der Waals surface area contributed by atoms with E-state index in [1.165, 1.54) is 5.56 Å². The molecular formula is C22H30N4O3. The smallest absolute Gasteiger partial charge is 0.303 e. The third kappa shape index (κ3) is 5.23. The van der Waals surface area contributed by atoms with E-state index < -0.39 is 5.97 Å². The number of hydrogen-bond donors (Lipinski definition) is 1. The van der Waals surface area contributed by atoms with Crippen LogP contribution in [0.15, 0.2) is 43.0 Å². The molecule has 0 spiro atoms. The molecule has 4 rings (SSSR count). The van der Waals surface area contributed by atoms with Crippen LogP contribution in [0.4, 0.5) is 0 Å². The fourth-order valence-electron chi connectivity index (χ4n) is 4.66. The van der Waals surface area contributed by atoms with E-state index in [9.17, 15) is 9.90 Å². The number of aliphatic carboxylic acids is 1. The Morgan fingerprint density at radius 2 is 1.97 bits per heavy atom. The highest BCUT2D eigenvalue weighted by Crippen LogP contribution is 2.28. The number of rotatable bonds is 7. The maximum Gasteiger partial charge on any atom is 0.303 e. The number of ether oxygens (including phenoxy) is 1. The van der Waals surface area contributed by atoms with Gasteiger partial charge in [0.05, 0.1) is 19.5 Å². The predicted octanol–water partition coefficient (Wildman–Crippen LogP) is 2.26. The lowest BCUT2D eigenvalue weighted by atomic mass is 9.86. The first-order chi connectivity index (χ1) is 14.2. The van der Waals surface area contributed by atoms with Crippen LogP contribution < -0.4 is 0 Å². The maximum atomic E-state index is 11.2. The van der Waals surface area contributed by atoms with Gasteiger partial charge in [0, 0.05) is 56.7 Å². The van der Waals surface area contributed by atoms with Gasteiger partial charge in [-0.1, -0.05) is 12.1 Å². The third-order valence-corrected chi connectivity index (χ3v) is 6.17. The summed E-state index contributed by atoms with van der Waals surface area (Å²) in [6, 6.07) is 9.07. The first-order valence-electron chi connectivity index (χ1n) is 10.5. The minimum absolute atomic E-state index is 0.249. The first kappa shape index (κ1) is 20.1. The van der Waals surface area contributed by atoms with Crippen LogP contribution in [0, 0.1) is 5.92 Å². The number of imidazole rings is 1. The second kappa shape index (κ2) is 9.52. The van der Waals surface area contributed by atoms with Crippen LogP contribution in [0.2, 0.25) is 0 Å². The molecule has 2 fully saturated rings. The van der Waals surface area contributed by atoms with Crippen molar-refractivity contribution in [2.24, 2.45) is 5.92 Å². The van der Waals surface area contributed by atoms with Crippen molar-refractivity contribution in [2.75, 3.05) is 39.4 Å². The molecule has 0 aliphatic carbocycles. The molecule has 2 aliphatic rings. The van der Waals surface area contributed by atoms with Crippen molar-refractivity contribution < 1.29 is 14.6 Å². The first-order valence-corrected chi connectivity index (χ1v) is 10.5. The molecule has 0 unspecified atom stereocenters. The molecule has 0 saturated carbocycles. The number of aromatic nitrogens is 2. The van der Waals surface area contributed by atoms with E-state index >= 15 is 0 Å². The van der Waals surface area contributed by atoms with Gasteiger partial charge in [0.2, 0.25) is 0 Å². The summed E-state index contributed by atoms with van der Waals surface area (Å²) < 4.78 is 7.51. The molecule has 1 N–H and O–H groups in total. The fraction of sp³-hybridized carbons (Fsp3) is 0.545. The normalized spacial score (nSPS) is 23.9. The highest BCUT2D eigenvalue weighted by Gasteiger charge is 2.34.